The van der Waals surface area contributed by atoms with E-state index in [1.807, 2.05) is 43.9 Å². The Labute approximate surface area is 208 Å². The average molecular weight is 488 g/mol. The fraction of sp³-hybridized carbons (Fsp3) is 0.357. The maximum absolute atomic E-state index is 13.0. The maximum Gasteiger partial charge on any atom is 0.411 e. The van der Waals surface area contributed by atoms with Gasteiger partial charge in [-0.1, -0.05) is 17.7 Å². The number of rotatable bonds is 1. The number of benzene rings is 3. The van der Waals surface area contributed by atoms with Gasteiger partial charge in [0.2, 0.25) is 0 Å². The first kappa shape index (κ1) is 21.1. The van der Waals surface area contributed by atoms with Gasteiger partial charge in [-0.25, -0.2) is 9.78 Å². The Hall–Kier alpha value is -3.25. The number of fused-ring (bicyclic) bond motifs is 7. The third kappa shape index (κ3) is 3.38. The summed E-state index contributed by atoms with van der Waals surface area (Å²) in [7, 11) is 0. The van der Waals surface area contributed by atoms with Crippen LogP contribution in [0.5, 0.6) is 5.75 Å². The molecule has 3 aromatic carbocycles. The van der Waals surface area contributed by atoms with Crippen molar-refractivity contribution >= 4 is 39.5 Å². The molecule has 0 bridgehead atoms. The highest BCUT2D eigenvalue weighted by molar-refractivity contribution is 6.30. The van der Waals surface area contributed by atoms with Crippen molar-refractivity contribution in [2.24, 2.45) is 5.92 Å². The first-order valence-electron chi connectivity index (χ1n) is 12.1. The van der Waals surface area contributed by atoms with Crippen LogP contribution in [0.2, 0.25) is 5.02 Å². The molecule has 7 rings (SSSR count). The fourth-order valence-electron chi connectivity index (χ4n) is 5.71. The smallest absolute Gasteiger partial charge is 0.411 e. The van der Waals surface area contributed by atoms with Gasteiger partial charge in [0.15, 0.2) is 0 Å². The number of likely N-dealkylation sites (tertiary alicyclic amines) is 1. The van der Waals surface area contributed by atoms with Crippen LogP contribution in [0.15, 0.2) is 42.5 Å². The molecule has 1 N–H and O–H groups in total. The van der Waals surface area contributed by atoms with E-state index in [0.29, 0.717) is 17.5 Å². The number of halogens is 1. The predicted octanol–water partition coefficient (Wildman–Crippen LogP) is 7.00. The van der Waals surface area contributed by atoms with Crippen molar-refractivity contribution in [1.29, 1.82) is 0 Å². The summed E-state index contributed by atoms with van der Waals surface area (Å²) in [5.41, 5.74) is 4.72. The van der Waals surface area contributed by atoms with Crippen molar-refractivity contribution in [2.45, 2.75) is 57.9 Å². The fourth-order valence-corrected chi connectivity index (χ4v) is 5.87. The van der Waals surface area contributed by atoms with Gasteiger partial charge >= 0.3 is 6.09 Å². The van der Waals surface area contributed by atoms with Gasteiger partial charge < -0.3 is 14.5 Å². The summed E-state index contributed by atoms with van der Waals surface area (Å²) in [6.45, 7) is 6.21. The number of amides is 1. The molecule has 0 spiro atoms. The van der Waals surface area contributed by atoms with Gasteiger partial charge in [-0.2, -0.15) is 0 Å². The van der Waals surface area contributed by atoms with E-state index in [2.05, 4.69) is 29.2 Å². The van der Waals surface area contributed by atoms with Crippen LogP contribution < -0.4 is 4.74 Å². The van der Waals surface area contributed by atoms with Crippen LogP contribution in [0.4, 0.5) is 4.79 Å². The Balaban J connectivity index is 1.30. The van der Waals surface area contributed by atoms with Crippen LogP contribution >= 0.6 is 11.6 Å². The number of imidazole rings is 1. The maximum atomic E-state index is 13.0. The van der Waals surface area contributed by atoms with E-state index in [1.165, 1.54) is 0 Å². The van der Waals surface area contributed by atoms with E-state index in [-0.39, 0.29) is 18.2 Å². The lowest BCUT2D eigenvalue weighted by atomic mass is 9.93. The zero-order valence-corrected chi connectivity index (χ0v) is 20.6. The summed E-state index contributed by atoms with van der Waals surface area (Å²) >= 11 is 6.17. The highest BCUT2D eigenvalue weighted by Crippen LogP contribution is 2.53. The Morgan fingerprint density at radius 3 is 2.83 bits per heavy atom. The Morgan fingerprint density at radius 2 is 2.00 bits per heavy atom. The Kier molecular flexibility index (Phi) is 4.30. The molecule has 6 nitrogen and oxygen atoms in total. The lowest BCUT2D eigenvalue weighted by molar-refractivity contribution is 0.0175. The molecular weight excluding hydrogens is 462 g/mol. The van der Waals surface area contributed by atoms with Crippen LogP contribution in [0.3, 0.4) is 0 Å². The highest BCUT2D eigenvalue weighted by atomic mass is 35.5. The molecule has 0 radical (unpaired) electrons. The molecule has 3 heterocycles. The van der Waals surface area contributed by atoms with E-state index in [0.717, 1.165) is 62.9 Å². The molecule has 1 saturated carbocycles. The summed E-state index contributed by atoms with van der Waals surface area (Å²) in [5, 5.41) is 2.87. The molecule has 1 saturated heterocycles. The number of carbonyl (C=O) groups is 1. The third-order valence-electron chi connectivity index (χ3n) is 7.35. The number of hydrogen-bond acceptors (Lipinski definition) is 4. The summed E-state index contributed by atoms with van der Waals surface area (Å²) in [6, 6.07) is 14.6. The number of nitrogens with zero attached hydrogens (tertiary/aromatic N) is 2. The van der Waals surface area contributed by atoms with E-state index < -0.39 is 5.60 Å². The number of aromatic nitrogens is 2. The second-order valence-electron chi connectivity index (χ2n) is 10.9. The molecule has 2 unspecified atom stereocenters. The van der Waals surface area contributed by atoms with Gasteiger partial charge in [0, 0.05) is 22.0 Å². The van der Waals surface area contributed by atoms with E-state index in [9.17, 15) is 4.79 Å². The number of piperidine rings is 1. The molecule has 178 valence electrons. The molecular formula is C28H26ClN3O3. The van der Waals surface area contributed by atoms with Gasteiger partial charge in [-0.15, -0.1) is 0 Å². The van der Waals surface area contributed by atoms with Crippen molar-refractivity contribution in [3.05, 3.63) is 58.9 Å². The minimum atomic E-state index is -0.524. The SMILES string of the molecule is CC(C)(C)OC(=O)N1C(c2nc3c(ccc4cc5c(cc43)COc3cc(Cl)ccc3-5)[nH]2)C[C@H]2CC21. The number of H-pyrrole nitrogens is 1. The molecule has 1 aromatic heterocycles. The van der Waals surface area contributed by atoms with Crippen molar-refractivity contribution < 1.29 is 14.3 Å². The normalized spacial score (nSPS) is 22.5. The Bertz CT molecular complexity index is 1540. The second-order valence-corrected chi connectivity index (χ2v) is 11.4. The minimum absolute atomic E-state index is 0.0892. The first-order valence-corrected chi connectivity index (χ1v) is 12.5. The van der Waals surface area contributed by atoms with Crippen molar-refractivity contribution in [3.8, 4) is 16.9 Å². The zero-order valence-electron chi connectivity index (χ0n) is 19.9. The van der Waals surface area contributed by atoms with Crippen molar-refractivity contribution in [1.82, 2.24) is 14.9 Å². The largest absolute Gasteiger partial charge is 0.488 e. The number of ether oxygens (including phenoxy) is 2. The van der Waals surface area contributed by atoms with Crippen LogP contribution in [-0.4, -0.2) is 32.6 Å². The van der Waals surface area contributed by atoms with Crippen LogP contribution in [0.1, 0.15) is 51.0 Å². The summed E-state index contributed by atoms with van der Waals surface area (Å²) in [6.07, 6.45) is 1.73. The lowest BCUT2D eigenvalue weighted by Crippen LogP contribution is -2.38. The summed E-state index contributed by atoms with van der Waals surface area (Å²) in [5.74, 6) is 2.18. The van der Waals surface area contributed by atoms with Gasteiger partial charge in [0.25, 0.3) is 0 Å². The van der Waals surface area contributed by atoms with Crippen molar-refractivity contribution in [2.75, 3.05) is 0 Å². The van der Waals surface area contributed by atoms with E-state index >= 15 is 0 Å². The first-order chi connectivity index (χ1) is 16.7. The molecule has 2 aliphatic heterocycles. The predicted molar refractivity (Wildman–Crippen MR) is 136 cm³/mol. The molecule has 4 aromatic rings. The number of aromatic amines is 1. The number of hydrogen-bond donors (Lipinski definition) is 1. The number of nitrogens with one attached hydrogen (secondary N) is 1. The number of carbonyl (C=O) groups excluding carboxylic acids is 1. The van der Waals surface area contributed by atoms with Crippen LogP contribution in [0.25, 0.3) is 32.9 Å². The lowest BCUT2D eigenvalue weighted by Gasteiger charge is -2.29. The highest BCUT2D eigenvalue weighted by Gasteiger charge is 2.56. The van der Waals surface area contributed by atoms with Crippen LogP contribution in [0, 0.1) is 5.92 Å². The van der Waals surface area contributed by atoms with Gasteiger partial charge in [-0.05, 0) is 92.4 Å². The standard InChI is InChI=1S/C28H26ClN3O3/c1-28(2,3)35-27(33)32-22-10-15(22)11-23(32)26-30-21-7-4-14-8-19-16(9-20(14)25(21)31-26)13-34-24-12-17(29)5-6-18(19)24/h4-9,12,15,22-23H,10-11,13H2,1-3H3,(H,30,31)/t15-,22?,23?/m1/s1. The van der Waals surface area contributed by atoms with Gasteiger partial charge in [0.05, 0.1) is 17.1 Å². The third-order valence-corrected chi connectivity index (χ3v) is 7.59. The van der Waals surface area contributed by atoms with Crippen molar-refractivity contribution in [3.63, 3.8) is 0 Å². The molecule has 35 heavy (non-hydrogen) atoms. The van der Waals surface area contributed by atoms with Gasteiger partial charge in [-0.3, -0.25) is 4.90 Å². The topological polar surface area (TPSA) is 67.4 Å². The summed E-state index contributed by atoms with van der Waals surface area (Å²) < 4.78 is 11.7. The molecule has 3 atom stereocenters. The van der Waals surface area contributed by atoms with E-state index in [1.54, 1.807) is 0 Å². The van der Waals surface area contributed by atoms with Crippen LogP contribution in [-0.2, 0) is 11.3 Å². The quantitative estimate of drug-likeness (QED) is 0.314. The Morgan fingerprint density at radius 1 is 1.14 bits per heavy atom. The molecule has 1 aliphatic carbocycles. The van der Waals surface area contributed by atoms with Gasteiger partial charge in [0.1, 0.15) is 23.8 Å². The summed E-state index contributed by atoms with van der Waals surface area (Å²) in [4.78, 5) is 23.5. The zero-order chi connectivity index (χ0) is 24.1. The molecule has 1 amide bonds. The second kappa shape index (κ2) is 7.14. The monoisotopic (exact) mass is 487 g/mol. The average Bonchev–Trinajstić information content (AvgIpc) is 3.25. The molecule has 2 fully saturated rings. The minimum Gasteiger partial charge on any atom is -0.488 e. The molecule has 3 aliphatic rings. The molecule has 7 heteroatoms. The van der Waals surface area contributed by atoms with E-state index in [4.69, 9.17) is 26.1 Å².